The second-order valence-electron chi connectivity index (χ2n) is 7.10. The standard InChI is InChI=1S/C20H32N4O3/c1-4-23(17-8-6-7-15(3)11-17)10-9-21-20(27)22-16-12-18(13-16)24(5-2)14-19(25)26/h6-8,11,16,18H,4-5,9-10,12-14H2,1-3H3,(H,25,26)(H2,21,22,27). The number of hydrogen-bond donors (Lipinski definition) is 3. The number of hydrogen-bond acceptors (Lipinski definition) is 4. The minimum Gasteiger partial charge on any atom is -0.480 e. The summed E-state index contributed by atoms with van der Waals surface area (Å²) in [4.78, 5) is 27.1. The monoisotopic (exact) mass is 376 g/mol. The molecule has 2 rings (SSSR count). The average Bonchev–Trinajstić information content (AvgIpc) is 2.59. The predicted molar refractivity (Wildman–Crippen MR) is 107 cm³/mol. The van der Waals surface area contributed by atoms with Crippen LogP contribution in [0, 0.1) is 6.92 Å². The Morgan fingerprint density at radius 1 is 1.22 bits per heavy atom. The van der Waals surface area contributed by atoms with Gasteiger partial charge in [0.2, 0.25) is 0 Å². The van der Waals surface area contributed by atoms with Crippen molar-refractivity contribution in [3.63, 3.8) is 0 Å². The van der Waals surface area contributed by atoms with Gasteiger partial charge in [-0.3, -0.25) is 9.69 Å². The molecule has 0 radical (unpaired) electrons. The first-order valence-electron chi connectivity index (χ1n) is 9.74. The van der Waals surface area contributed by atoms with Gasteiger partial charge in [0.1, 0.15) is 0 Å². The number of nitrogens with zero attached hydrogens (tertiary/aromatic N) is 2. The van der Waals surface area contributed by atoms with Crippen LogP contribution in [0.5, 0.6) is 0 Å². The Hall–Kier alpha value is -2.28. The van der Waals surface area contributed by atoms with Gasteiger partial charge < -0.3 is 20.6 Å². The second kappa shape index (κ2) is 10.2. The van der Waals surface area contributed by atoms with Gasteiger partial charge in [0.05, 0.1) is 6.54 Å². The number of rotatable bonds is 10. The predicted octanol–water partition coefficient (Wildman–Crippen LogP) is 2.06. The third kappa shape index (κ3) is 6.43. The maximum atomic E-state index is 12.1. The van der Waals surface area contributed by atoms with Crippen LogP contribution in [0.4, 0.5) is 10.5 Å². The molecule has 7 heteroatoms. The van der Waals surface area contributed by atoms with Crippen LogP contribution in [0.15, 0.2) is 24.3 Å². The van der Waals surface area contributed by atoms with E-state index in [1.54, 1.807) is 0 Å². The number of anilines is 1. The molecule has 0 spiro atoms. The van der Waals surface area contributed by atoms with Crippen LogP contribution in [-0.2, 0) is 4.79 Å². The topological polar surface area (TPSA) is 84.9 Å². The molecular weight excluding hydrogens is 344 g/mol. The van der Waals surface area contributed by atoms with Crippen molar-refractivity contribution in [3.05, 3.63) is 29.8 Å². The number of urea groups is 1. The summed E-state index contributed by atoms with van der Waals surface area (Å²) in [5.74, 6) is -0.805. The Labute approximate surface area is 161 Å². The minimum atomic E-state index is -0.805. The van der Waals surface area contributed by atoms with Crippen molar-refractivity contribution in [1.82, 2.24) is 15.5 Å². The van der Waals surface area contributed by atoms with Crippen LogP contribution in [0.2, 0.25) is 0 Å². The van der Waals surface area contributed by atoms with E-state index in [4.69, 9.17) is 5.11 Å². The molecule has 7 nitrogen and oxygen atoms in total. The normalized spacial score (nSPS) is 18.7. The van der Waals surface area contributed by atoms with Gasteiger partial charge in [0.15, 0.2) is 0 Å². The van der Waals surface area contributed by atoms with Gasteiger partial charge in [-0.05, 0) is 50.9 Å². The summed E-state index contributed by atoms with van der Waals surface area (Å²) in [5.41, 5.74) is 2.39. The number of carboxylic acids is 1. The molecule has 1 aromatic carbocycles. The van der Waals surface area contributed by atoms with E-state index in [9.17, 15) is 9.59 Å². The first-order chi connectivity index (χ1) is 12.9. The van der Waals surface area contributed by atoms with E-state index in [2.05, 4.69) is 47.6 Å². The number of nitrogens with one attached hydrogen (secondary N) is 2. The average molecular weight is 377 g/mol. The highest BCUT2D eigenvalue weighted by molar-refractivity contribution is 5.74. The molecule has 3 N–H and O–H groups in total. The quantitative estimate of drug-likeness (QED) is 0.582. The number of carbonyl (C=O) groups is 2. The van der Waals surface area contributed by atoms with Crippen LogP contribution >= 0.6 is 0 Å². The van der Waals surface area contributed by atoms with Gasteiger partial charge in [-0.25, -0.2) is 4.79 Å². The van der Waals surface area contributed by atoms with Gasteiger partial charge >= 0.3 is 12.0 Å². The Balaban J connectivity index is 1.67. The largest absolute Gasteiger partial charge is 0.480 e. The van der Waals surface area contributed by atoms with E-state index in [1.807, 2.05) is 17.9 Å². The Morgan fingerprint density at radius 2 is 1.96 bits per heavy atom. The highest BCUT2D eigenvalue weighted by atomic mass is 16.4. The van der Waals surface area contributed by atoms with Crippen LogP contribution in [-0.4, -0.2) is 66.8 Å². The fourth-order valence-corrected chi connectivity index (χ4v) is 3.51. The molecule has 0 unspecified atom stereocenters. The number of amides is 2. The number of aliphatic carboxylic acids is 1. The molecule has 0 atom stereocenters. The Morgan fingerprint density at radius 3 is 2.56 bits per heavy atom. The van der Waals surface area contributed by atoms with Crippen LogP contribution in [0.25, 0.3) is 0 Å². The van der Waals surface area contributed by atoms with E-state index in [0.717, 1.165) is 25.9 Å². The molecule has 0 aromatic heterocycles. The lowest BCUT2D eigenvalue weighted by Crippen LogP contribution is -2.56. The third-order valence-electron chi connectivity index (χ3n) is 5.13. The van der Waals surface area contributed by atoms with E-state index < -0.39 is 5.97 Å². The molecule has 1 aliphatic carbocycles. The Kier molecular flexibility index (Phi) is 7.91. The zero-order valence-corrected chi connectivity index (χ0v) is 16.6. The van der Waals surface area contributed by atoms with E-state index >= 15 is 0 Å². The lowest BCUT2D eigenvalue weighted by atomic mass is 9.85. The summed E-state index contributed by atoms with van der Waals surface area (Å²) in [6.45, 7) is 9.12. The molecule has 150 valence electrons. The molecule has 0 heterocycles. The lowest BCUT2D eigenvalue weighted by Gasteiger charge is -2.42. The number of carboxylic acid groups (broad SMARTS) is 1. The van der Waals surface area contributed by atoms with E-state index in [-0.39, 0.29) is 24.7 Å². The molecule has 1 saturated carbocycles. The van der Waals surface area contributed by atoms with Crippen molar-refractivity contribution in [2.75, 3.05) is 37.6 Å². The molecule has 1 aliphatic rings. The van der Waals surface area contributed by atoms with Gasteiger partial charge in [-0.15, -0.1) is 0 Å². The number of likely N-dealkylation sites (N-methyl/N-ethyl adjacent to an activating group) is 2. The second-order valence-corrected chi connectivity index (χ2v) is 7.10. The zero-order valence-electron chi connectivity index (χ0n) is 16.6. The number of aryl methyl sites for hydroxylation is 1. The first kappa shape index (κ1) is 21.0. The smallest absolute Gasteiger partial charge is 0.317 e. The van der Waals surface area contributed by atoms with Crippen LogP contribution < -0.4 is 15.5 Å². The van der Waals surface area contributed by atoms with Gasteiger partial charge in [0.25, 0.3) is 0 Å². The molecule has 1 fully saturated rings. The fraction of sp³-hybridized carbons (Fsp3) is 0.600. The maximum absolute atomic E-state index is 12.1. The van der Waals surface area contributed by atoms with Gasteiger partial charge in [-0.1, -0.05) is 19.1 Å². The van der Waals surface area contributed by atoms with Crippen LogP contribution in [0.3, 0.4) is 0 Å². The van der Waals surface area contributed by atoms with Crippen molar-refractivity contribution >= 4 is 17.7 Å². The van der Waals surface area contributed by atoms with E-state index in [1.165, 1.54) is 11.3 Å². The summed E-state index contributed by atoms with van der Waals surface area (Å²) >= 11 is 0. The van der Waals surface area contributed by atoms with Gasteiger partial charge in [0, 0.05) is 37.4 Å². The highest BCUT2D eigenvalue weighted by Crippen LogP contribution is 2.25. The third-order valence-corrected chi connectivity index (χ3v) is 5.13. The van der Waals surface area contributed by atoms with Crippen molar-refractivity contribution in [2.24, 2.45) is 0 Å². The summed E-state index contributed by atoms with van der Waals surface area (Å²) < 4.78 is 0. The minimum absolute atomic E-state index is 0.0614. The fourth-order valence-electron chi connectivity index (χ4n) is 3.51. The molecule has 0 aliphatic heterocycles. The summed E-state index contributed by atoms with van der Waals surface area (Å²) in [6, 6.07) is 8.57. The molecular formula is C20H32N4O3. The molecule has 27 heavy (non-hydrogen) atoms. The first-order valence-corrected chi connectivity index (χ1v) is 9.74. The van der Waals surface area contributed by atoms with Crippen molar-refractivity contribution < 1.29 is 14.7 Å². The summed E-state index contributed by atoms with van der Waals surface area (Å²) in [6.07, 6.45) is 1.61. The molecule has 2 amide bonds. The number of carbonyl (C=O) groups excluding carboxylic acids is 1. The lowest BCUT2D eigenvalue weighted by molar-refractivity contribution is -0.139. The molecule has 0 saturated heterocycles. The van der Waals surface area contributed by atoms with E-state index in [0.29, 0.717) is 13.1 Å². The molecule has 0 bridgehead atoms. The van der Waals surface area contributed by atoms with Crippen molar-refractivity contribution in [2.45, 2.75) is 45.7 Å². The maximum Gasteiger partial charge on any atom is 0.317 e. The number of benzene rings is 1. The SMILES string of the molecule is CCN(CCNC(=O)NC1CC(N(CC)CC(=O)O)C1)c1cccc(C)c1. The summed E-state index contributed by atoms with van der Waals surface area (Å²) in [5, 5.41) is 14.8. The van der Waals surface area contributed by atoms with Crippen molar-refractivity contribution in [1.29, 1.82) is 0 Å². The van der Waals surface area contributed by atoms with Crippen LogP contribution in [0.1, 0.15) is 32.3 Å². The molecule has 1 aromatic rings. The van der Waals surface area contributed by atoms with Gasteiger partial charge in [-0.2, -0.15) is 0 Å². The Bertz CT molecular complexity index is 631. The highest BCUT2D eigenvalue weighted by Gasteiger charge is 2.34. The summed E-state index contributed by atoms with van der Waals surface area (Å²) in [7, 11) is 0. The van der Waals surface area contributed by atoms with Crippen molar-refractivity contribution in [3.8, 4) is 0 Å². The zero-order chi connectivity index (χ0) is 19.8.